The van der Waals surface area contributed by atoms with Gasteiger partial charge in [-0.2, -0.15) is 0 Å². The van der Waals surface area contributed by atoms with Crippen LogP contribution in [-0.2, 0) is 9.59 Å². The molecular formula is C23H31N3O3. The number of rotatable bonds is 9. The lowest BCUT2D eigenvalue weighted by Crippen LogP contribution is -2.45. The van der Waals surface area contributed by atoms with Crippen LogP contribution in [0.2, 0.25) is 0 Å². The molecule has 6 nitrogen and oxygen atoms in total. The van der Waals surface area contributed by atoms with Gasteiger partial charge in [-0.25, -0.2) is 0 Å². The normalized spacial score (nSPS) is 12.7. The van der Waals surface area contributed by atoms with Crippen LogP contribution < -0.4 is 20.7 Å². The molecule has 0 fully saturated rings. The van der Waals surface area contributed by atoms with E-state index in [1.807, 2.05) is 56.3 Å². The highest BCUT2D eigenvalue weighted by Crippen LogP contribution is 2.21. The molecule has 156 valence electrons. The number of methoxy groups -OCH3 is 1. The number of carbonyl (C=O) groups excluding carboxylic acids is 2. The number of hydrogen-bond acceptors (Lipinski definition) is 4. The average Bonchev–Trinajstić information content (AvgIpc) is 2.72. The molecule has 0 aromatic heterocycles. The first-order valence-corrected chi connectivity index (χ1v) is 9.89. The van der Waals surface area contributed by atoms with E-state index in [0.29, 0.717) is 0 Å². The van der Waals surface area contributed by atoms with Crippen molar-refractivity contribution in [3.8, 4) is 5.75 Å². The summed E-state index contributed by atoms with van der Waals surface area (Å²) in [6.07, 6.45) is 0.830. The van der Waals surface area contributed by atoms with Crippen molar-refractivity contribution in [2.24, 2.45) is 0 Å². The monoisotopic (exact) mass is 397 g/mol. The SMILES string of the molecule is CC[C@H](N[C@H](C)C(=O)NCC(=O)Nc1c(C)cccc1C)c1ccc(OC)cc1. The second-order valence-electron chi connectivity index (χ2n) is 7.16. The molecule has 0 radical (unpaired) electrons. The van der Waals surface area contributed by atoms with Gasteiger partial charge in [0.15, 0.2) is 0 Å². The molecule has 2 amide bonds. The number of ether oxygens (including phenoxy) is 1. The summed E-state index contributed by atoms with van der Waals surface area (Å²) in [6, 6.07) is 13.2. The van der Waals surface area contributed by atoms with Crippen molar-refractivity contribution in [2.45, 2.75) is 46.2 Å². The van der Waals surface area contributed by atoms with Gasteiger partial charge in [-0.05, 0) is 56.0 Å². The Kier molecular flexibility index (Phi) is 8.21. The number of aryl methyl sites for hydroxylation is 2. The zero-order valence-corrected chi connectivity index (χ0v) is 17.8. The van der Waals surface area contributed by atoms with Gasteiger partial charge in [0.25, 0.3) is 0 Å². The van der Waals surface area contributed by atoms with Crippen molar-refractivity contribution in [1.82, 2.24) is 10.6 Å². The number of nitrogens with one attached hydrogen (secondary N) is 3. The molecule has 2 rings (SSSR count). The van der Waals surface area contributed by atoms with Crippen molar-refractivity contribution in [3.63, 3.8) is 0 Å². The zero-order valence-electron chi connectivity index (χ0n) is 17.8. The van der Waals surface area contributed by atoms with Crippen LogP contribution in [0.5, 0.6) is 5.75 Å². The summed E-state index contributed by atoms with van der Waals surface area (Å²) in [6.45, 7) is 7.67. The lowest BCUT2D eigenvalue weighted by Gasteiger charge is -2.22. The summed E-state index contributed by atoms with van der Waals surface area (Å²) in [5.74, 6) is 0.336. The van der Waals surface area contributed by atoms with E-state index in [9.17, 15) is 9.59 Å². The topological polar surface area (TPSA) is 79.5 Å². The van der Waals surface area contributed by atoms with Crippen LogP contribution in [0.3, 0.4) is 0 Å². The molecule has 0 bridgehead atoms. The summed E-state index contributed by atoms with van der Waals surface area (Å²) in [4.78, 5) is 24.7. The van der Waals surface area contributed by atoms with Crippen LogP contribution in [0.25, 0.3) is 0 Å². The van der Waals surface area contributed by atoms with Gasteiger partial charge in [0.05, 0.1) is 19.7 Å². The summed E-state index contributed by atoms with van der Waals surface area (Å²) in [7, 11) is 1.63. The quantitative estimate of drug-likeness (QED) is 0.605. The smallest absolute Gasteiger partial charge is 0.243 e. The average molecular weight is 398 g/mol. The van der Waals surface area contributed by atoms with Gasteiger partial charge in [-0.15, -0.1) is 0 Å². The number of anilines is 1. The maximum Gasteiger partial charge on any atom is 0.243 e. The second-order valence-corrected chi connectivity index (χ2v) is 7.16. The molecule has 0 aliphatic carbocycles. The molecule has 0 aliphatic rings. The summed E-state index contributed by atoms with van der Waals surface area (Å²) in [5.41, 5.74) is 3.86. The van der Waals surface area contributed by atoms with Gasteiger partial charge in [-0.1, -0.05) is 37.3 Å². The highest BCUT2D eigenvalue weighted by molar-refractivity contribution is 5.96. The molecule has 0 saturated carbocycles. The van der Waals surface area contributed by atoms with Crippen molar-refractivity contribution in [2.75, 3.05) is 19.0 Å². The first kappa shape index (κ1) is 22.4. The molecule has 0 spiro atoms. The fourth-order valence-corrected chi connectivity index (χ4v) is 3.18. The molecule has 0 heterocycles. The number of hydrogen-bond donors (Lipinski definition) is 3. The Morgan fingerprint density at radius 3 is 2.21 bits per heavy atom. The van der Waals surface area contributed by atoms with E-state index < -0.39 is 6.04 Å². The lowest BCUT2D eigenvalue weighted by atomic mass is 10.0. The Hall–Kier alpha value is -2.86. The Morgan fingerprint density at radius 2 is 1.66 bits per heavy atom. The van der Waals surface area contributed by atoms with Crippen LogP contribution in [0.4, 0.5) is 5.69 Å². The second kappa shape index (κ2) is 10.6. The fourth-order valence-electron chi connectivity index (χ4n) is 3.18. The maximum absolute atomic E-state index is 12.4. The van der Waals surface area contributed by atoms with E-state index in [4.69, 9.17) is 4.74 Å². The summed E-state index contributed by atoms with van der Waals surface area (Å²) < 4.78 is 5.19. The Bertz CT molecular complexity index is 814. The third kappa shape index (κ3) is 6.32. The van der Waals surface area contributed by atoms with E-state index in [-0.39, 0.29) is 24.4 Å². The van der Waals surface area contributed by atoms with Gasteiger partial charge >= 0.3 is 0 Å². The molecule has 2 aromatic rings. The van der Waals surface area contributed by atoms with E-state index in [2.05, 4.69) is 22.9 Å². The number of carbonyl (C=O) groups is 2. The Morgan fingerprint density at radius 1 is 1.03 bits per heavy atom. The lowest BCUT2D eigenvalue weighted by molar-refractivity contribution is -0.125. The van der Waals surface area contributed by atoms with Crippen molar-refractivity contribution in [1.29, 1.82) is 0 Å². The van der Waals surface area contributed by atoms with Crippen molar-refractivity contribution >= 4 is 17.5 Å². The maximum atomic E-state index is 12.4. The number of amides is 2. The first-order chi connectivity index (χ1) is 13.8. The zero-order chi connectivity index (χ0) is 21.4. The summed E-state index contributed by atoms with van der Waals surface area (Å²) >= 11 is 0. The van der Waals surface area contributed by atoms with Gasteiger partial charge < -0.3 is 15.4 Å². The molecule has 29 heavy (non-hydrogen) atoms. The molecular weight excluding hydrogens is 366 g/mol. The van der Waals surface area contributed by atoms with Gasteiger partial charge in [0.2, 0.25) is 11.8 Å². The van der Waals surface area contributed by atoms with E-state index in [0.717, 1.165) is 34.5 Å². The van der Waals surface area contributed by atoms with Gasteiger partial charge in [-0.3, -0.25) is 14.9 Å². The molecule has 2 atom stereocenters. The largest absolute Gasteiger partial charge is 0.497 e. The van der Waals surface area contributed by atoms with Crippen molar-refractivity contribution < 1.29 is 14.3 Å². The molecule has 2 aromatic carbocycles. The minimum atomic E-state index is -0.435. The van der Waals surface area contributed by atoms with Crippen LogP contribution in [0.1, 0.15) is 43.0 Å². The van der Waals surface area contributed by atoms with Crippen LogP contribution >= 0.6 is 0 Å². The predicted octanol–water partition coefficient (Wildman–Crippen LogP) is 3.50. The first-order valence-electron chi connectivity index (χ1n) is 9.89. The molecule has 6 heteroatoms. The minimum Gasteiger partial charge on any atom is -0.497 e. The summed E-state index contributed by atoms with van der Waals surface area (Å²) in [5, 5.41) is 8.91. The van der Waals surface area contributed by atoms with E-state index in [1.54, 1.807) is 14.0 Å². The minimum absolute atomic E-state index is 0.0325. The number of para-hydroxylation sites is 1. The van der Waals surface area contributed by atoms with Gasteiger partial charge in [0, 0.05) is 11.7 Å². The Balaban J connectivity index is 1.88. The fraction of sp³-hybridized carbons (Fsp3) is 0.391. The van der Waals surface area contributed by atoms with E-state index >= 15 is 0 Å². The highest BCUT2D eigenvalue weighted by atomic mass is 16.5. The van der Waals surface area contributed by atoms with E-state index in [1.165, 1.54) is 0 Å². The highest BCUT2D eigenvalue weighted by Gasteiger charge is 2.19. The molecule has 0 saturated heterocycles. The van der Waals surface area contributed by atoms with Crippen molar-refractivity contribution in [3.05, 3.63) is 59.2 Å². The number of benzene rings is 2. The van der Waals surface area contributed by atoms with Crippen LogP contribution in [0, 0.1) is 13.8 Å². The molecule has 0 aliphatic heterocycles. The third-order valence-corrected chi connectivity index (χ3v) is 4.94. The Labute approximate surface area is 173 Å². The third-order valence-electron chi connectivity index (χ3n) is 4.94. The standard InChI is InChI=1S/C23H31N3O3/c1-6-20(18-10-12-19(29-5)13-11-18)25-17(4)23(28)24-14-21(27)26-22-15(2)8-7-9-16(22)3/h7-13,17,20,25H,6,14H2,1-5H3,(H,24,28)(H,26,27)/t17-,20+/m1/s1. The molecule has 3 N–H and O–H groups in total. The van der Waals surface area contributed by atoms with Gasteiger partial charge in [0.1, 0.15) is 5.75 Å². The van der Waals surface area contributed by atoms with Crippen LogP contribution in [-0.4, -0.2) is 31.5 Å². The predicted molar refractivity (Wildman–Crippen MR) is 116 cm³/mol. The van der Waals surface area contributed by atoms with Crippen LogP contribution in [0.15, 0.2) is 42.5 Å². The molecule has 0 unspecified atom stereocenters.